The number of aromatic nitrogens is 2. The van der Waals surface area contributed by atoms with Crippen LogP contribution in [0.2, 0.25) is 0 Å². The number of nitrogens with two attached hydrogens (primary N) is 1. The average Bonchev–Trinajstić information content (AvgIpc) is 3.44. The van der Waals surface area contributed by atoms with Crippen LogP contribution in [0.1, 0.15) is 38.7 Å². The van der Waals surface area contributed by atoms with Crippen LogP contribution in [-0.2, 0) is 11.3 Å². The van der Waals surface area contributed by atoms with Crippen LogP contribution in [0.3, 0.4) is 0 Å². The summed E-state index contributed by atoms with van der Waals surface area (Å²) < 4.78 is 1.58. The molecule has 3 heterocycles. The van der Waals surface area contributed by atoms with Gasteiger partial charge >= 0.3 is 5.69 Å². The lowest BCUT2D eigenvalue weighted by Gasteiger charge is -2.37. The van der Waals surface area contributed by atoms with Crippen molar-refractivity contribution in [3.63, 3.8) is 0 Å². The van der Waals surface area contributed by atoms with E-state index in [0.717, 1.165) is 12.2 Å². The van der Waals surface area contributed by atoms with Gasteiger partial charge in [0, 0.05) is 45.5 Å². The first-order valence-electron chi connectivity index (χ1n) is 12.0. The predicted octanol–water partition coefficient (Wildman–Crippen LogP) is 1.60. The van der Waals surface area contributed by atoms with E-state index in [9.17, 15) is 9.59 Å². The predicted molar refractivity (Wildman–Crippen MR) is 128 cm³/mol. The second-order valence-electron chi connectivity index (χ2n) is 10.6. The lowest BCUT2D eigenvalue weighted by Crippen LogP contribution is -2.57. The normalized spacial score (nSPS) is 20.5. The Hall–Kier alpha value is -2.71. The number of carbonyl (C=O) groups is 1. The van der Waals surface area contributed by atoms with Gasteiger partial charge in [-0.25, -0.2) is 4.79 Å². The van der Waals surface area contributed by atoms with Crippen molar-refractivity contribution >= 4 is 11.7 Å². The number of piperazine rings is 1. The number of anilines is 1. The molecule has 0 unspecified atom stereocenters. The summed E-state index contributed by atoms with van der Waals surface area (Å²) in [4.78, 5) is 35.8. The van der Waals surface area contributed by atoms with Gasteiger partial charge in [0.15, 0.2) is 0 Å². The zero-order valence-corrected chi connectivity index (χ0v) is 19.7. The smallest absolute Gasteiger partial charge is 0.353 e. The summed E-state index contributed by atoms with van der Waals surface area (Å²) in [5.74, 6) is 0.598. The van der Waals surface area contributed by atoms with Crippen LogP contribution in [0.15, 0.2) is 41.3 Å². The molecule has 8 heteroatoms. The highest BCUT2D eigenvalue weighted by molar-refractivity contribution is 5.85. The lowest BCUT2D eigenvalue weighted by atomic mass is 10.0. The van der Waals surface area contributed by atoms with Gasteiger partial charge in [-0.1, -0.05) is 12.1 Å². The zero-order valence-electron chi connectivity index (χ0n) is 19.7. The molecule has 8 nitrogen and oxygen atoms in total. The molecule has 2 aliphatic heterocycles. The summed E-state index contributed by atoms with van der Waals surface area (Å²) in [6.45, 7) is 9.26. The molecule has 2 aromatic rings. The Bertz CT molecular complexity index is 1080. The molecule has 1 aliphatic carbocycles. The first-order valence-corrected chi connectivity index (χ1v) is 12.0. The number of amides is 1. The third-order valence-corrected chi connectivity index (χ3v) is 7.33. The van der Waals surface area contributed by atoms with Gasteiger partial charge in [0.1, 0.15) is 5.82 Å². The fourth-order valence-electron chi connectivity index (χ4n) is 5.08. The summed E-state index contributed by atoms with van der Waals surface area (Å²) in [5, 5.41) is 0. The van der Waals surface area contributed by atoms with E-state index in [4.69, 9.17) is 5.73 Å². The summed E-state index contributed by atoms with van der Waals surface area (Å²) in [6.07, 6.45) is 5.93. The van der Waals surface area contributed by atoms with Crippen LogP contribution < -0.4 is 16.3 Å². The number of benzene rings is 1. The molecule has 33 heavy (non-hydrogen) atoms. The van der Waals surface area contributed by atoms with Crippen LogP contribution in [0.4, 0.5) is 5.82 Å². The average molecular weight is 451 g/mol. The Morgan fingerprint density at radius 2 is 1.73 bits per heavy atom. The Labute approximate surface area is 195 Å². The molecule has 0 atom stereocenters. The van der Waals surface area contributed by atoms with Crippen molar-refractivity contribution in [3.8, 4) is 5.69 Å². The lowest BCUT2D eigenvalue weighted by molar-refractivity contribution is -0.136. The van der Waals surface area contributed by atoms with E-state index in [1.54, 1.807) is 29.5 Å². The van der Waals surface area contributed by atoms with Crippen LogP contribution in [0.5, 0.6) is 0 Å². The standard InChI is InChI=1S/C25H34N6O2/c1-24(2,26)22(32)30-15-13-29(14-16-30)21-7-11-31(23(33)27-21)20-5-3-19(4-6-20)17-28-12-10-25(18-28)8-9-25/h3-7,11H,8-10,12-18,26H2,1-2H3. The minimum absolute atomic E-state index is 0.0502. The van der Waals surface area contributed by atoms with Crippen molar-refractivity contribution in [1.82, 2.24) is 19.4 Å². The second-order valence-corrected chi connectivity index (χ2v) is 10.6. The van der Waals surface area contributed by atoms with Crippen molar-refractivity contribution in [2.45, 2.75) is 45.2 Å². The maximum Gasteiger partial charge on any atom is 0.354 e. The van der Waals surface area contributed by atoms with Gasteiger partial charge in [-0.05, 0) is 68.8 Å². The molecular weight excluding hydrogens is 416 g/mol. The number of hydrogen-bond acceptors (Lipinski definition) is 6. The van der Waals surface area contributed by atoms with Gasteiger partial charge in [-0.15, -0.1) is 0 Å². The number of hydrogen-bond donors (Lipinski definition) is 1. The van der Waals surface area contributed by atoms with E-state index in [1.165, 1.54) is 37.9 Å². The molecule has 3 aliphatic rings. The number of likely N-dealkylation sites (tertiary alicyclic amines) is 1. The van der Waals surface area contributed by atoms with E-state index in [2.05, 4.69) is 22.0 Å². The van der Waals surface area contributed by atoms with E-state index in [0.29, 0.717) is 37.4 Å². The molecule has 1 aromatic heterocycles. The second kappa shape index (κ2) is 8.25. The summed E-state index contributed by atoms with van der Waals surface area (Å²) >= 11 is 0. The zero-order chi connectivity index (χ0) is 23.2. The van der Waals surface area contributed by atoms with Crippen molar-refractivity contribution in [2.24, 2.45) is 11.1 Å². The molecule has 0 bridgehead atoms. The first-order chi connectivity index (χ1) is 15.7. The number of carbonyl (C=O) groups excluding carboxylic acids is 1. The summed E-state index contributed by atoms with van der Waals surface area (Å²) in [6, 6.07) is 10.1. The number of rotatable bonds is 5. The first kappa shape index (κ1) is 22.1. The van der Waals surface area contributed by atoms with E-state index in [1.807, 2.05) is 23.1 Å². The van der Waals surface area contributed by atoms with Gasteiger partial charge in [0.25, 0.3) is 0 Å². The van der Waals surface area contributed by atoms with Gasteiger partial charge in [0.2, 0.25) is 5.91 Å². The molecular formula is C25H34N6O2. The van der Waals surface area contributed by atoms with Crippen molar-refractivity contribution in [3.05, 3.63) is 52.6 Å². The molecule has 0 radical (unpaired) electrons. The summed E-state index contributed by atoms with van der Waals surface area (Å²) in [7, 11) is 0. The third kappa shape index (κ3) is 4.68. The quantitative estimate of drug-likeness (QED) is 0.745. The Morgan fingerprint density at radius 3 is 2.30 bits per heavy atom. The molecule has 176 valence electrons. The fourth-order valence-corrected chi connectivity index (χ4v) is 5.08. The Kier molecular flexibility index (Phi) is 5.53. The minimum atomic E-state index is -0.871. The molecule has 2 N–H and O–H groups in total. The van der Waals surface area contributed by atoms with E-state index >= 15 is 0 Å². The minimum Gasteiger partial charge on any atom is -0.353 e. The molecule has 1 spiro atoms. The molecule has 3 fully saturated rings. The highest BCUT2D eigenvalue weighted by Gasteiger charge is 2.47. The third-order valence-electron chi connectivity index (χ3n) is 7.33. The maximum absolute atomic E-state index is 12.8. The Morgan fingerprint density at radius 1 is 1.03 bits per heavy atom. The monoisotopic (exact) mass is 450 g/mol. The summed E-state index contributed by atoms with van der Waals surface area (Å²) in [5.41, 5.74) is 7.53. The van der Waals surface area contributed by atoms with Crippen LogP contribution in [0, 0.1) is 5.41 Å². The molecule has 1 saturated carbocycles. The van der Waals surface area contributed by atoms with Gasteiger partial charge in [-0.3, -0.25) is 14.3 Å². The van der Waals surface area contributed by atoms with Crippen LogP contribution >= 0.6 is 0 Å². The van der Waals surface area contributed by atoms with Gasteiger partial charge in [0.05, 0.1) is 11.2 Å². The van der Waals surface area contributed by atoms with Crippen molar-refractivity contribution < 1.29 is 4.79 Å². The molecule has 1 amide bonds. The largest absolute Gasteiger partial charge is 0.354 e. The Balaban J connectivity index is 1.21. The number of nitrogens with zero attached hydrogens (tertiary/aromatic N) is 5. The highest BCUT2D eigenvalue weighted by Crippen LogP contribution is 2.52. The highest BCUT2D eigenvalue weighted by atomic mass is 16.2. The van der Waals surface area contributed by atoms with Crippen LogP contribution in [-0.4, -0.2) is 70.1 Å². The maximum atomic E-state index is 12.8. The van der Waals surface area contributed by atoms with E-state index < -0.39 is 5.54 Å². The van der Waals surface area contributed by atoms with Crippen LogP contribution in [0.25, 0.3) is 5.69 Å². The topological polar surface area (TPSA) is 87.7 Å². The SMILES string of the molecule is CC(C)(N)C(=O)N1CCN(c2ccn(-c3ccc(CN4CCC5(CC5)C4)cc3)c(=O)n2)CC1. The molecule has 2 saturated heterocycles. The van der Waals surface area contributed by atoms with Gasteiger partial charge < -0.3 is 15.5 Å². The van der Waals surface area contributed by atoms with Crippen molar-refractivity contribution in [2.75, 3.05) is 44.2 Å². The van der Waals surface area contributed by atoms with E-state index in [-0.39, 0.29) is 11.6 Å². The van der Waals surface area contributed by atoms with Gasteiger partial charge in [-0.2, -0.15) is 4.98 Å². The van der Waals surface area contributed by atoms with Crippen molar-refractivity contribution in [1.29, 1.82) is 0 Å². The fraction of sp³-hybridized carbons (Fsp3) is 0.560. The molecule has 5 rings (SSSR count). The molecule has 1 aromatic carbocycles.